The maximum absolute atomic E-state index is 11.6. The first-order chi connectivity index (χ1) is 8.27. The molecule has 0 radical (unpaired) electrons. The molecule has 0 saturated heterocycles. The third-order valence-electron chi connectivity index (χ3n) is 2.72. The standard InChI is InChI=1S/C14H21NO2/c1-3-15(4-2)14(16)12-17-11-10-13-8-6-5-7-9-13/h5-9H,3-4,10-12H2,1-2H3. The molecule has 0 aromatic heterocycles. The molecular formula is C14H21NO2. The lowest BCUT2D eigenvalue weighted by Gasteiger charge is -2.18. The van der Waals surface area contributed by atoms with Gasteiger partial charge in [-0.1, -0.05) is 30.3 Å². The second-order valence-corrected chi connectivity index (χ2v) is 3.85. The Hall–Kier alpha value is -1.35. The van der Waals surface area contributed by atoms with Crippen molar-refractivity contribution in [1.29, 1.82) is 0 Å². The van der Waals surface area contributed by atoms with Crippen LogP contribution in [0.25, 0.3) is 0 Å². The summed E-state index contributed by atoms with van der Waals surface area (Å²) in [5.74, 6) is 0.0723. The van der Waals surface area contributed by atoms with Gasteiger partial charge in [0.25, 0.3) is 0 Å². The summed E-state index contributed by atoms with van der Waals surface area (Å²) in [5, 5.41) is 0. The van der Waals surface area contributed by atoms with Crippen LogP contribution in [0.2, 0.25) is 0 Å². The molecule has 0 unspecified atom stereocenters. The molecule has 0 N–H and O–H groups in total. The van der Waals surface area contributed by atoms with Crippen LogP contribution in [0.4, 0.5) is 0 Å². The number of amides is 1. The van der Waals surface area contributed by atoms with E-state index in [0.717, 1.165) is 19.5 Å². The molecule has 0 bridgehead atoms. The molecule has 0 atom stereocenters. The number of likely N-dealkylation sites (N-methyl/N-ethyl adjacent to an activating group) is 1. The van der Waals surface area contributed by atoms with Crippen molar-refractivity contribution in [1.82, 2.24) is 4.90 Å². The van der Waals surface area contributed by atoms with Crippen molar-refractivity contribution in [2.45, 2.75) is 20.3 Å². The Kier molecular flexibility index (Phi) is 6.33. The average molecular weight is 235 g/mol. The number of rotatable bonds is 7. The number of benzene rings is 1. The lowest BCUT2D eigenvalue weighted by molar-refractivity contribution is -0.135. The third kappa shape index (κ3) is 5.00. The predicted molar refractivity (Wildman–Crippen MR) is 68.9 cm³/mol. The van der Waals surface area contributed by atoms with Crippen LogP contribution in [0, 0.1) is 0 Å². The van der Waals surface area contributed by atoms with Crippen molar-refractivity contribution in [3.63, 3.8) is 0 Å². The molecule has 0 fully saturated rings. The van der Waals surface area contributed by atoms with Crippen molar-refractivity contribution >= 4 is 5.91 Å². The Morgan fingerprint density at radius 1 is 1.18 bits per heavy atom. The van der Waals surface area contributed by atoms with Crippen molar-refractivity contribution in [2.24, 2.45) is 0 Å². The van der Waals surface area contributed by atoms with E-state index in [-0.39, 0.29) is 12.5 Å². The molecule has 1 amide bonds. The highest BCUT2D eigenvalue weighted by Crippen LogP contribution is 1.99. The summed E-state index contributed by atoms with van der Waals surface area (Å²) < 4.78 is 5.39. The molecule has 0 saturated carbocycles. The van der Waals surface area contributed by atoms with E-state index in [2.05, 4.69) is 12.1 Å². The Morgan fingerprint density at radius 3 is 2.41 bits per heavy atom. The van der Waals surface area contributed by atoms with Gasteiger partial charge >= 0.3 is 0 Å². The molecule has 17 heavy (non-hydrogen) atoms. The highest BCUT2D eigenvalue weighted by molar-refractivity contribution is 5.77. The SMILES string of the molecule is CCN(CC)C(=O)COCCc1ccccc1. The zero-order chi connectivity index (χ0) is 12.5. The van der Waals surface area contributed by atoms with Gasteiger partial charge in [-0.25, -0.2) is 0 Å². The molecule has 0 aliphatic carbocycles. The maximum atomic E-state index is 11.6. The lowest BCUT2D eigenvalue weighted by atomic mass is 10.2. The topological polar surface area (TPSA) is 29.5 Å². The fourth-order valence-electron chi connectivity index (χ4n) is 1.66. The van der Waals surface area contributed by atoms with Crippen LogP contribution in [-0.4, -0.2) is 37.1 Å². The van der Waals surface area contributed by atoms with Crippen molar-refractivity contribution in [3.8, 4) is 0 Å². The Balaban J connectivity index is 2.18. The molecule has 1 aromatic carbocycles. The zero-order valence-electron chi connectivity index (χ0n) is 10.7. The van der Waals surface area contributed by atoms with E-state index in [1.54, 1.807) is 4.90 Å². The van der Waals surface area contributed by atoms with E-state index in [1.165, 1.54) is 5.56 Å². The highest BCUT2D eigenvalue weighted by atomic mass is 16.5. The Morgan fingerprint density at radius 2 is 1.82 bits per heavy atom. The van der Waals surface area contributed by atoms with Crippen LogP contribution in [0.3, 0.4) is 0 Å². The number of nitrogens with zero attached hydrogens (tertiary/aromatic N) is 1. The predicted octanol–water partition coefficient (Wildman–Crippen LogP) is 2.11. The minimum absolute atomic E-state index is 0.0723. The van der Waals surface area contributed by atoms with E-state index >= 15 is 0 Å². The number of hydrogen-bond donors (Lipinski definition) is 0. The highest BCUT2D eigenvalue weighted by Gasteiger charge is 2.08. The minimum Gasteiger partial charge on any atom is -0.371 e. The van der Waals surface area contributed by atoms with Gasteiger partial charge in [0.15, 0.2) is 0 Å². The number of ether oxygens (including phenoxy) is 1. The molecule has 1 rings (SSSR count). The van der Waals surface area contributed by atoms with Crippen LogP contribution in [-0.2, 0) is 16.0 Å². The molecule has 0 aliphatic rings. The van der Waals surface area contributed by atoms with Crippen molar-refractivity contribution in [2.75, 3.05) is 26.3 Å². The van der Waals surface area contributed by atoms with Gasteiger partial charge in [-0.05, 0) is 25.8 Å². The Labute approximate surface area is 103 Å². The number of carbonyl (C=O) groups is 1. The molecular weight excluding hydrogens is 214 g/mol. The molecule has 0 aliphatic heterocycles. The molecule has 0 spiro atoms. The maximum Gasteiger partial charge on any atom is 0.248 e. The largest absolute Gasteiger partial charge is 0.371 e. The second-order valence-electron chi connectivity index (χ2n) is 3.85. The zero-order valence-corrected chi connectivity index (χ0v) is 10.7. The molecule has 1 aromatic rings. The first-order valence-electron chi connectivity index (χ1n) is 6.17. The smallest absolute Gasteiger partial charge is 0.248 e. The average Bonchev–Trinajstić information content (AvgIpc) is 2.37. The van der Waals surface area contributed by atoms with E-state index < -0.39 is 0 Å². The fraction of sp³-hybridized carbons (Fsp3) is 0.500. The van der Waals surface area contributed by atoms with Gasteiger partial charge in [-0.3, -0.25) is 4.79 Å². The van der Waals surface area contributed by atoms with E-state index in [1.807, 2.05) is 32.0 Å². The van der Waals surface area contributed by atoms with Gasteiger partial charge < -0.3 is 9.64 Å². The van der Waals surface area contributed by atoms with Gasteiger partial charge in [0.1, 0.15) is 6.61 Å². The van der Waals surface area contributed by atoms with E-state index in [9.17, 15) is 4.79 Å². The number of hydrogen-bond acceptors (Lipinski definition) is 2. The van der Waals surface area contributed by atoms with E-state index in [0.29, 0.717) is 6.61 Å². The van der Waals surface area contributed by atoms with Gasteiger partial charge in [0.05, 0.1) is 6.61 Å². The minimum atomic E-state index is 0.0723. The van der Waals surface area contributed by atoms with E-state index in [4.69, 9.17) is 4.74 Å². The van der Waals surface area contributed by atoms with Crippen LogP contribution >= 0.6 is 0 Å². The van der Waals surface area contributed by atoms with Gasteiger partial charge in [-0.15, -0.1) is 0 Å². The van der Waals surface area contributed by atoms with Gasteiger partial charge in [0, 0.05) is 13.1 Å². The molecule has 0 heterocycles. The summed E-state index contributed by atoms with van der Waals surface area (Å²) in [7, 11) is 0. The molecule has 3 heteroatoms. The second kappa shape index (κ2) is 7.85. The van der Waals surface area contributed by atoms with Crippen LogP contribution in [0.15, 0.2) is 30.3 Å². The Bertz CT molecular complexity index is 320. The summed E-state index contributed by atoms with van der Waals surface area (Å²) in [5.41, 5.74) is 1.24. The normalized spacial score (nSPS) is 10.2. The summed E-state index contributed by atoms with van der Waals surface area (Å²) >= 11 is 0. The monoisotopic (exact) mass is 235 g/mol. The molecule has 94 valence electrons. The third-order valence-corrected chi connectivity index (χ3v) is 2.72. The van der Waals surface area contributed by atoms with Gasteiger partial charge in [0.2, 0.25) is 5.91 Å². The first-order valence-corrected chi connectivity index (χ1v) is 6.17. The lowest BCUT2D eigenvalue weighted by Crippen LogP contribution is -2.33. The number of carbonyl (C=O) groups excluding carboxylic acids is 1. The summed E-state index contributed by atoms with van der Waals surface area (Å²) in [6.45, 7) is 6.23. The van der Waals surface area contributed by atoms with Crippen molar-refractivity contribution < 1.29 is 9.53 Å². The van der Waals surface area contributed by atoms with Crippen LogP contribution in [0.1, 0.15) is 19.4 Å². The quantitative estimate of drug-likeness (QED) is 0.677. The summed E-state index contributed by atoms with van der Waals surface area (Å²) in [6, 6.07) is 10.1. The summed E-state index contributed by atoms with van der Waals surface area (Å²) in [6.07, 6.45) is 0.854. The van der Waals surface area contributed by atoms with Gasteiger partial charge in [-0.2, -0.15) is 0 Å². The first kappa shape index (κ1) is 13.7. The fourth-order valence-corrected chi connectivity index (χ4v) is 1.66. The van der Waals surface area contributed by atoms with Crippen molar-refractivity contribution in [3.05, 3.63) is 35.9 Å². The molecule has 3 nitrogen and oxygen atoms in total. The van der Waals surface area contributed by atoms with Crippen LogP contribution < -0.4 is 0 Å². The summed E-state index contributed by atoms with van der Waals surface area (Å²) in [4.78, 5) is 13.4. The van der Waals surface area contributed by atoms with Crippen LogP contribution in [0.5, 0.6) is 0 Å².